The quantitative estimate of drug-likeness (QED) is 0.750. The molecule has 2 aromatic rings. The number of nitrogens with zero attached hydrogens (tertiary/aromatic N) is 2. The second-order valence-corrected chi connectivity index (χ2v) is 7.99. The fourth-order valence-electron chi connectivity index (χ4n) is 4.20. The van der Waals surface area contributed by atoms with E-state index < -0.39 is 5.92 Å². The third-order valence-electron chi connectivity index (χ3n) is 5.92. The largest absolute Gasteiger partial charge is 0.493 e. The third kappa shape index (κ3) is 4.39. The maximum Gasteiger partial charge on any atom is 0.229 e. The number of hydrogen-bond acceptors (Lipinski definition) is 5. The summed E-state index contributed by atoms with van der Waals surface area (Å²) in [6, 6.07) is 12.5. The van der Waals surface area contributed by atoms with Crippen molar-refractivity contribution in [2.24, 2.45) is 5.92 Å². The molecule has 1 atom stereocenters. The van der Waals surface area contributed by atoms with E-state index in [-0.39, 0.29) is 30.7 Å². The van der Waals surface area contributed by atoms with Gasteiger partial charge in [0.05, 0.1) is 20.1 Å². The van der Waals surface area contributed by atoms with Crippen LogP contribution in [0.15, 0.2) is 42.5 Å². The first kappa shape index (κ1) is 21.7. The molecule has 2 heterocycles. The number of amides is 3. The normalized spacial score (nSPS) is 18.6. The van der Waals surface area contributed by atoms with Gasteiger partial charge < -0.3 is 24.6 Å². The van der Waals surface area contributed by atoms with E-state index in [0.29, 0.717) is 35.8 Å². The minimum atomic E-state index is -0.476. The number of benzene rings is 2. The van der Waals surface area contributed by atoms with E-state index in [1.54, 1.807) is 41.2 Å². The Morgan fingerprint density at radius 1 is 0.938 bits per heavy atom. The Hall–Kier alpha value is -3.55. The van der Waals surface area contributed by atoms with Gasteiger partial charge >= 0.3 is 0 Å². The van der Waals surface area contributed by atoms with Crippen LogP contribution in [0.2, 0.25) is 0 Å². The summed E-state index contributed by atoms with van der Waals surface area (Å²) < 4.78 is 10.6. The molecule has 2 saturated heterocycles. The Morgan fingerprint density at radius 2 is 1.72 bits per heavy atom. The van der Waals surface area contributed by atoms with Crippen LogP contribution in [-0.4, -0.2) is 45.0 Å². The second kappa shape index (κ2) is 9.30. The van der Waals surface area contributed by atoms with E-state index in [1.807, 2.05) is 18.2 Å². The van der Waals surface area contributed by atoms with Crippen LogP contribution in [0.4, 0.5) is 17.1 Å². The van der Waals surface area contributed by atoms with Gasteiger partial charge in [0.1, 0.15) is 0 Å². The third-order valence-corrected chi connectivity index (χ3v) is 5.92. The van der Waals surface area contributed by atoms with Gasteiger partial charge in [-0.25, -0.2) is 0 Å². The molecule has 4 rings (SSSR count). The van der Waals surface area contributed by atoms with Gasteiger partial charge in [-0.1, -0.05) is 6.07 Å². The zero-order valence-corrected chi connectivity index (χ0v) is 18.3. The van der Waals surface area contributed by atoms with Gasteiger partial charge in [-0.15, -0.1) is 0 Å². The zero-order chi connectivity index (χ0) is 22.7. The Labute approximate surface area is 187 Å². The van der Waals surface area contributed by atoms with Gasteiger partial charge in [0, 0.05) is 49.1 Å². The first-order chi connectivity index (χ1) is 15.5. The van der Waals surface area contributed by atoms with Crippen molar-refractivity contribution in [3.8, 4) is 11.5 Å². The Balaban J connectivity index is 1.44. The van der Waals surface area contributed by atoms with Crippen LogP contribution in [-0.2, 0) is 14.4 Å². The first-order valence-electron chi connectivity index (χ1n) is 10.7. The average Bonchev–Trinajstić information content (AvgIpc) is 3.21. The van der Waals surface area contributed by atoms with Crippen molar-refractivity contribution in [2.45, 2.75) is 25.7 Å². The van der Waals surface area contributed by atoms with Crippen LogP contribution < -0.4 is 24.6 Å². The van der Waals surface area contributed by atoms with E-state index in [2.05, 4.69) is 5.32 Å². The van der Waals surface area contributed by atoms with E-state index in [9.17, 15) is 14.4 Å². The Bertz CT molecular complexity index is 1040. The van der Waals surface area contributed by atoms with Crippen molar-refractivity contribution in [1.82, 2.24) is 0 Å². The molecule has 8 heteroatoms. The molecule has 3 amide bonds. The molecule has 0 saturated carbocycles. The average molecular weight is 437 g/mol. The Morgan fingerprint density at radius 3 is 2.47 bits per heavy atom. The van der Waals surface area contributed by atoms with Gasteiger partial charge in [0.15, 0.2) is 11.5 Å². The van der Waals surface area contributed by atoms with Gasteiger partial charge in [0.25, 0.3) is 0 Å². The van der Waals surface area contributed by atoms with E-state index in [4.69, 9.17) is 9.47 Å². The molecule has 2 aliphatic heterocycles. The summed E-state index contributed by atoms with van der Waals surface area (Å²) in [5, 5.41) is 2.91. The highest BCUT2D eigenvalue weighted by atomic mass is 16.5. The molecule has 2 aliphatic rings. The lowest BCUT2D eigenvalue weighted by Crippen LogP contribution is -2.35. The molecule has 8 nitrogen and oxygen atoms in total. The summed E-state index contributed by atoms with van der Waals surface area (Å²) in [6.45, 7) is 0.970. The second-order valence-electron chi connectivity index (χ2n) is 7.99. The number of rotatable bonds is 6. The van der Waals surface area contributed by atoms with Crippen molar-refractivity contribution < 1.29 is 23.9 Å². The van der Waals surface area contributed by atoms with Gasteiger partial charge in [-0.05, 0) is 43.2 Å². The number of nitrogens with one attached hydrogen (secondary N) is 1. The van der Waals surface area contributed by atoms with Gasteiger partial charge in [-0.3, -0.25) is 14.4 Å². The number of carbonyl (C=O) groups excluding carboxylic acids is 3. The number of ether oxygens (including phenoxy) is 2. The lowest BCUT2D eigenvalue weighted by atomic mass is 10.1. The fourth-order valence-corrected chi connectivity index (χ4v) is 4.20. The minimum absolute atomic E-state index is 0.103. The molecule has 2 fully saturated rings. The maximum atomic E-state index is 12.9. The van der Waals surface area contributed by atoms with Gasteiger partial charge in [0.2, 0.25) is 17.7 Å². The summed E-state index contributed by atoms with van der Waals surface area (Å²) >= 11 is 0. The van der Waals surface area contributed by atoms with Crippen molar-refractivity contribution in [3.05, 3.63) is 42.5 Å². The van der Waals surface area contributed by atoms with Crippen LogP contribution in [0.25, 0.3) is 0 Å². The van der Waals surface area contributed by atoms with Crippen molar-refractivity contribution >= 4 is 34.8 Å². The van der Waals surface area contributed by atoms with Crippen LogP contribution in [0.1, 0.15) is 25.7 Å². The molecular weight excluding hydrogens is 410 g/mol. The van der Waals surface area contributed by atoms with Crippen LogP contribution >= 0.6 is 0 Å². The van der Waals surface area contributed by atoms with E-state index in [1.165, 1.54) is 7.11 Å². The molecule has 32 heavy (non-hydrogen) atoms. The number of piperidine rings is 1. The molecule has 0 radical (unpaired) electrons. The Kier molecular flexibility index (Phi) is 6.30. The fraction of sp³-hybridized carbons (Fsp3) is 0.375. The topological polar surface area (TPSA) is 88.2 Å². The van der Waals surface area contributed by atoms with E-state index >= 15 is 0 Å². The van der Waals surface area contributed by atoms with E-state index in [0.717, 1.165) is 18.5 Å². The highest BCUT2D eigenvalue weighted by Crippen LogP contribution is 2.34. The van der Waals surface area contributed by atoms with Gasteiger partial charge in [-0.2, -0.15) is 0 Å². The molecule has 2 aromatic carbocycles. The van der Waals surface area contributed by atoms with Crippen molar-refractivity contribution in [2.75, 3.05) is 42.4 Å². The predicted octanol–water partition coefficient (Wildman–Crippen LogP) is 3.21. The number of hydrogen-bond donors (Lipinski definition) is 1. The monoisotopic (exact) mass is 437 g/mol. The number of methoxy groups -OCH3 is 2. The molecule has 0 aliphatic carbocycles. The minimum Gasteiger partial charge on any atom is -0.493 e. The smallest absolute Gasteiger partial charge is 0.229 e. The lowest BCUT2D eigenvalue weighted by molar-refractivity contribution is -0.122. The highest BCUT2D eigenvalue weighted by molar-refractivity contribution is 6.04. The summed E-state index contributed by atoms with van der Waals surface area (Å²) in [4.78, 5) is 41.1. The van der Waals surface area contributed by atoms with Crippen LogP contribution in [0, 0.1) is 5.92 Å². The highest BCUT2D eigenvalue weighted by Gasteiger charge is 2.35. The molecule has 168 valence electrons. The lowest BCUT2D eigenvalue weighted by Gasteiger charge is -2.27. The SMILES string of the molecule is COc1ccc(N2CC(C(=O)Nc3cccc(N4CCCCC4=O)c3)CC2=O)cc1OC. The molecule has 0 bridgehead atoms. The van der Waals surface area contributed by atoms with Crippen molar-refractivity contribution in [3.63, 3.8) is 0 Å². The number of anilines is 3. The predicted molar refractivity (Wildman–Crippen MR) is 121 cm³/mol. The molecule has 0 spiro atoms. The first-order valence-corrected chi connectivity index (χ1v) is 10.7. The number of carbonyl (C=O) groups is 3. The summed E-state index contributed by atoms with van der Waals surface area (Å²) in [6.07, 6.45) is 2.56. The summed E-state index contributed by atoms with van der Waals surface area (Å²) in [7, 11) is 3.09. The molecule has 0 aromatic heterocycles. The molecule has 1 N–H and O–H groups in total. The summed E-state index contributed by atoms with van der Waals surface area (Å²) in [5.41, 5.74) is 2.05. The molecule has 1 unspecified atom stereocenters. The maximum absolute atomic E-state index is 12.9. The van der Waals surface area contributed by atoms with Crippen LogP contribution in [0.3, 0.4) is 0 Å². The molecular formula is C24H27N3O5. The summed E-state index contributed by atoms with van der Waals surface area (Å²) in [5.74, 6) is 0.384. The zero-order valence-electron chi connectivity index (χ0n) is 18.3. The van der Waals surface area contributed by atoms with Crippen molar-refractivity contribution in [1.29, 1.82) is 0 Å². The standard InChI is InChI=1S/C24H27N3O5/c1-31-20-10-9-19(14-21(20)32-2)27-15-16(12-23(27)29)24(30)25-17-6-5-7-18(13-17)26-11-4-3-8-22(26)28/h5-7,9-10,13-14,16H,3-4,8,11-12,15H2,1-2H3,(H,25,30). The van der Waals surface area contributed by atoms with Crippen LogP contribution in [0.5, 0.6) is 11.5 Å².